The lowest BCUT2D eigenvalue weighted by Crippen LogP contribution is -2.05. The van der Waals surface area contributed by atoms with Gasteiger partial charge in [0.15, 0.2) is 5.43 Å². The van der Waals surface area contributed by atoms with Gasteiger partial charge in [-0.3, -0.25) is 4.79 Å². The lowest BCUT2D eigenvalue weighted by atomic mass is 10.0. The molecule has 0 atom stereocenters. The number of pyridine rings is 1. The number of benzene rings is 2. The van der Waals surface area contributed by atoms with E-state index in [1.807, 2.05) is 31.2 Å². The van der Waals surface area contributed by atoms with E-state index >= 15 is 0 Å². The summed E-state index contributed by atoms with van der Waals surface area (Å²) >= 11 is 0. The summed E-state index contributed by atoms with van der Waals surface area (Å²) in [5.74, 6) is -1.04. The van der Waals surface area contributed by atoms with Gasteiger partial charge in [0.2, 0.25) is 0 Å². The Morgan fingerprint density at radius 2 is 1.86 bits per heavy atom. The molecule has 21 heavy (non-hydrogen) atoms. The fourth-order valence-electron chi connectivity index (χ4n) is 2.40. The molecular weight excluding hydrogens is 266 g/mol. The molecule has 4 nitrogen and oxygen atoms in total. The Labute approximate surface area is 120 Å². The monoisotopic (exact) mass is 279 g/mol. The molecular formula is C17H13NO3. The molecule has 0 bridgehead atoms. The molecule has 0 saturated carbocycles. The number of hydrogen-bond acceptors (Lipinski definition) is 2. The van der Waals surface area contributed by atoms with Gasteiger partial charge in [-0.2, -0.15) is 0 Å². The van der Waals surface area contributed by atoms with Crippen molar-refractivity contribution in [3.05, 3.63) is 69.9 Å². The SMILES string of the molecule is Cc1ccccc1-c1cc(=O)c2cc(C(=O)O)ccc2[nH]1. The molecule has 0 aliphatic heterocycles. The van der Waals surface area contributed by atoms with Crippen LogP contribution in [0.5, 0.6) is 0 Å². The number of carboxylic acids is 1. The highest BCUT2D eigenvalue weighted by Gasteiger charge is 2.09. The molecule has 3 rings (SSSR count). The first-order valence-corrected chi connectivity index (χ1v) is 6.52. The van der Waals surface area contributed by atoms with Crippen LogP contribution in [0.2, 0.25) is 0 Å². The summed E-state index contributed by atoms with van der Waals surface area (Å²) in [6.45, 7) is 1.98. The summed E-state index contributed by atoms with van der Waals surface area (Å²) in [6.07, 6.45) is 0. The van der Waals surface area contributed by atoms with E-state index in [4.69, 9.17) is 5.11 Å². The Morgan fingerprint density at radius 3 is 2.57 bits per heavy atom. The van der Waals surface area contributed by atoms with E-state index in [0.29, 0.717) is 10.9 Å². The van der Waals surface area contributed by atoms with Gasteiger partial charge in [0.05, 0.1) is 5.56 Å². The van der Waals surface area contributed by atoms with Gasteiger partial charge in [0.1, 0.15) is 0 Å². The molecule has 1 aromatic heterocycles. The fraction of sp³-hybridized carbons (Fsp3) is 0.0588. The number of aromatic nitrogens is 1. The number of aryl methyl sites for hydroxylation is 1. The van der Waals surface area contributed by atoms with Crippen LogP contribution in [0.15, 0.2) is 53.3 Å². The second-order valence-corrected chi connectivity index (χ2v) is 4.93. The van der Waals surface area contributed by atoms with Crippen molar-refractivity contribution in [1.29, 1.82) is 0 Å². The molecule has 0 spiro atoms. The largest absolute Gasteiger partial charge is 0.478 e. The topological polar surface area (TPSA) is 70.2 Å². The molecule has 104 valence electrons. The van der Waals surface area contributed by atoms with Crippen molar-refractivity contribution in [3.8, 4) is 11.3 Å². The van der Waals surface area contributed by atoms with Crippen molar-refractivity contribution in [3.63, 3.8) is 0 Å². The Morgan fingerprint density at radius 1 is 1.10 bits per heavy atom. The molecule has 0 saturated heterocycles. The van der Waals surface area contributed by atoms with Crippen LogP contribution in [-0.4, -0.2) is 16.1 Å². The van der Waals surface area contributed by atoms with Gasteiger partial charge in [-0.1, -0.05) is 24.3 Å². The van der Waals surface area contributed by atoms with Crippen molar-refractivity contribution in [1.82, 2.24) is 4.98 Å². The van der Waals surface area contributed by atoms with Crippen LogP contribution in [0.25, 0.3) is 22.2 Å². The number of fused-ring (bicyclic) bond motifs is 1. The molecule has 4 heteroatoms. The van der Waals surface area contributed by atoms with Gasteiger partial charge in [-0.15, -0.1) is 0 Å². The van der Waals surface area contributed by atoms with E-state index in [0.717, 1.165) is 16.8 Å². The van der Waals surface area contributed by atoms with Crippen molar-refractivity contribution in [2.45, 2.75) is 6.92 Å². The second-order valence-electron chi connectivity index (χ2n) is 4.93. The van der Waals surface area contributed by atoms with Gasteiger partial charge in [0, 0.05) is 28.2 Å². The Balaban J connectivity index is 2.26. The number of H-pyrrole nitrogens is 1. The molecule has 0 unspecified atom stereocenters. The van der Waals surface area contributed by atoms with Crippen LogP contribution in [-0.2, 0) is 0 Å². The smallest absolute Gasteiger partial charge is 0.335 e. The molecule has 0 aliphatic rings. The zero-order chi connectivity index (χ0) is 15.0. The predicted octanol–water partition coefficient (Wildman–Crippen LogP) is 3.20. The highest BCUT2D eigenvalue weighted by Crippen LogP contribution is 2.22. The lowest BCUT2D eigenvalue weighted by molar-refractivity contribution is 0.0697. The summed E-state index contributed by atoms with van der Waals surface area (Å²) in [5.41, 5.74) is 3.30. The lowest BCUT2D eigenvalue weighted by Gasteiger charge is -2.08. The molecule has 0 fully saturated rings. The highest BCUT2D eigenvalue weighted by molar-refractivity contribution is 5.93. The molecule has 2 N–H and O–H groups in total. The Hall–Kier alpha value is -2.88. The molecule has 0 radical (unpaired) electrons. The minimum atomic E-state index is -1.04. The number of rotatable bonds is 2. The Bertz CT molecular complexity index is 909. The maximum atomic E-state index is 12.2. The van der Waals surface area contributed by atoms with Crippen molar-refractivity contribution >= 4 is 16.9 Å². The number of aromatic amines is 1. The maximum Gasteiger partial charge on any atom is 0.335 e. The van der Waals surface area contributed by atoms with E-state index in [-0.39, 0.29) is 11.0 Å². The maximum absolute atomic E-state index is 12.2. The quantitative estimate of drug-likeness (QED) is 0.756. The highest BCUT2D eigenvalue weighted by atomic mass is 16.4. The number of aromatic carboxylic acids is 1. The summed E-state index contributed by atoms with van der Waals surface area (Å²) in [6, 6.07) is 13.8. The summed E-state index contributed by atoms with van der Waals surface area (Å²) in [4.78, 5) is 26.4. The zero-order valence-corrected chi connectivity index (χ0v) is 11.4. The second kappa shape index (κ2) is 4.90. The molecule has 1 heterocycles. The Kier molecular flexibility index (Phi) is 3.06. The zero-order valence-electron chi connectivity index (χ0n) is 11.4. The third-order valence-corrected chi connectivity index (χ3v) is 3.51. The standard InChI is InChI=1S/C17H13NO3/c1-10-4-2-3-5-12(10)15-9-16(19)13-8-11(17(20)21)6-7-14(13)18-15/h2-9H,1H3,(H,18,19)(H,20,21). The van der Waals surface area contributed by atoms with Crippen LogP contribution in [0.1, 0.15) is 15.9 Å². The van der Waals surface area contributed by atoms with Crippen LogP contribution in [0, 0.1) is 6.92 Å². The minimum absolute atomic E-state index is 0.108. The molecule has 0 amide bonds. The average molecular weight is 279 g/mol. The van der Waals surface area contributed by atoms with Gasteiger partial charge in [0.25, 0.3) is 0 Å². The third-order valence-electron chi connectivity index (χ3n) is 3.51. The van der Waals surface area contributed by atoms with Crippen LogP contribution in [0.4, 0.5) is 0 Å². The van der Waals surface area contributed by atoms with E-state index in [2.05, 4.69) is 4.98 Å². The van der Waals surface area contributed by atoms with Gasteiger partial charge in [-0.05, 0) is 30.7 Å². The van der Waals surface area contributed by atoms with Gasteiger partial charge >= 0.3 is 5.97 Å². The predicted molar refractivity (Wildman–Crippen MR) is 81.7 cm³/mol. The molecule has 3 aromatic rings. The van der Waals surface area contributed by atoms with Gasteiger partial charge < -0.3 is 10.1 Å². The first-order valence-electron chi connectivity index (χ1n) is 6.52. The van der Waals surface area contributed by atoms with Crippen LogP contribution >= 0.6 is 0 Å². The fourth-order valence-corrected chi connectivity index (χ4v) is 2.40. The van der Waals surface area contributed by atoms with E-state index in [1.54, 1.807) is 6.07 Å². The van der Waals surface area contributed by atoms with Crippen molar-refractivity contribution in [2.75, 3.05) is 0 Å². The third kappa shape index (κ3) is 2.31. The summed E-state index contributed by atoms with van der Waals surface area (Å²) < 4.78 is 0. The molecule has 2 aromatic carbocycles. The van der Waals surface area contributed by atoms with Crippen LogP contribution in [0.3, 0.4) is 0 Å². The van der Waals surface area contributed by atoms with E-state index < -0.39 is 5.97 Å². The number of hydrogen-bond donors (Lipinski definition) is 2. The van der Waals surface area contributed by atoms with Crippen molar-refractivity contribution < 1.29 is 9.90 Å². The van der Waals surface area contributed by atoms with Crippen LogP contribution < -0.4 is 5.43 Å². The number of carboxylic acid groups (broad SMARTS) is 1. The van der Waals surface area contributed by atoms with Crippen molar-refractivity contribution in [2.24, 2.45) is 0 Å². The number of carbonyl (C=O) groups is 1. The average Bonchev–Trinajstić information content (AvgIpc) is 2.47. The number of nitrogens with one attached hydrogen (secondary N) is 1. The first-order chi connectivity index (χ1) is 10.1. The van der Waals surface area contributed by atoms with E-state index in [1.165, 1.54) is 18.2 Å². The van der Waals surface area contributed by atoms with E-state index in [9.17, 15) is 9.59 Å². The molecule has 0 aliphatic carbocycles. The first kappa shape index (κ1) is 13.1. The minimum Gasteiger partial charge on any atom is -0.478 e. The summed E-state index contributed by atoms with van der Waals surface area (Å²) in [5, 5.41) is 9.37. The summed E-state index contributed by atoms with van der Waals surface area (Å²) in [7, 11) is 0. The van der Waals surface area contributed by atoms with Gasteiger partial charge in [-0.25, -0.2) is 4.79 Å². The normalized spacial score (nSPS) is 10.7.